The third-order valence-electron chi connectivity index (χ3n) is 5.81. The number of carbonyl (C=O) groups is 4. The second-order valence-corrected chi connectivity index (χ2v) is 15.8. The Labute approximate surface area is 234 Å². The molecule has 15 heteroatoms. The van der Waals surface area contributed by atoms with E-state index >= 15 is 0 Å². The quantitative estimate of drug-likeness (QED) is 0.0790. The summed E-state index contributed by atoms with van der Waals surface area (Å²) in [6, 6.07) is 4.55. The van der Waals surface area contributed by atoms with E-state index in [1.54, 1.807) is 24.3 Å². The summed E-state index contributed by atoms with van der Waals surface area (Å²) in [7, 11) is 3.89. The number of amides is 3. The lowest BCUT2D eigenvalue weighted by molar-refractivity contribution is -0.132. The van der Waals surface area contributed by atoms with Crippen molar-refractivity contribution in [1.29, 1.82) is 0 Å². The van der Waals surface area contributed by atoms with Gasteiger partial charge in [-0.15, -0.1) is 17.9 Å². The average molecular weight is 598 g/mol. The van der Waals surface area contributed by atoms with Crippen LogP contribution in [0.25, 0.3) is 0 Å². The highest BCUT2D eigenvalue weighted by molar-refractivity contribution is 8.43. The Morgan fingerprint density at radius 2 is 1.85 bits per heavy atom. The molecule has 0 radical (unpaired) electrons. The van der Waals surface area contributed by atoms with Crippen molar-refractivity contribution in [3.05, 3.63) is 42.0 Å². The number of nitrogens with zero attached hydrogens (tertiary/aromatic N) is 1. The van der Waals surface area contributed by atoms with E-state index in [9.17, 15) is 19.2 Å². The first-order valence-corrected chi connectivity index (χ1v) is 17.0. The van der Waals surface area contributed by atoms with Gasteiger partial charge >= 0.3 is 0 Å². The molecule has 214 valence electrons. The van der Waals surface area contributed by atoms with E-state index in [4.69, 9.17) is 21.9 Å². The fourth-order valence-corrected chi connectivity index (χ4v) is 5.55. The van der Waals surface area contributed by atoms with Crippen molar-refractivity contribution >= 4 is 54.6 Å². The molecule has 3 amide bonds. The predicted molar refractivity (Wildman–Crippen MR) is 160 cm³/mol. The summed E-state index contributed by atoms with van der Waals surface area (Å²) in [4.78, 5) is 55.4. The highest BCUT2D eigenvalue weighted by Crippen LogP contribution is 2.56. The molecule has 1 aromatic rings. The van der Waals surface area contributed by atoms with Gasteiger partial charge in [0.15, 0.2) is 11.7 Å². The summed E-state index contributed by atoms with van der Waals surface area (Å²) in [6.07, 6.45) is 4.64. The Morgan fingerprint density at radius 1 is 1.15 bits per heavy atom. The predicted octanol–water partition coefficient (Wildman–Crippen LogP) is 0.0117. The molecule has 0 aliphatic carbocycles. The Hall–Kier alpha value is -2.64. The Kier molecular flexibility index (Phi) is 13.7. The Bertz CT molecular complexity index is 1060. The lowest BCUT2D eigenvalue weighted by Crippen LogP contribution is -2.56. The molecule has 12 nitrogen and oxygen atoms in total. The molecule has 1 aromatic carbocycles. The van der Waals surface area contributed by atoms with E-state index in [-0.39, 0.29) is 31.2 Å². The third kappa shape index (κ3) is 11.6. The van der Waals surface area contributed by atoms with Gasteiger partial charge in [-0.2, -0.15) is 0 Å². The number of nitrogens with one attached hydrogen (secondary N) is 3. The normalized spacial score (nSPS) is 22.0. The van der Waals surface area contributed by atoms with Gasteiger partial charge < -0.3 is 37.9 Å². The molecule has 39 heavy (non-hydrogen) atoms. The molecular weight excluding hydrogens is 559 g/mol. The molecule has 6 unspecified atom stereocenters. The van der Waals surface area contributed by atoms with Crippen LogP contribution in [-0.2, 0) is 25.6 Å². The number of nitrogens with two attached hydrogens (primary N) is 3. The van der Waals surface area contributed by atoms with Crippen molar-refractivity contribution in [3.63, 3.8) is 0 Å². The summed E-state index contributed by atoms with van der Waals surface area (Å²) in [5, 5.41) is 8.16. The van der Waals surface area contributed by atoms with Crippen LogP contribution in [0.1, 0.15) is 31.7 Å². The van der Waals surface area contributed by atoms with Crippen LogP contribution >= 0.6 is 25.2 Å². The molecule has 0 saturated heterocycles. The summed E-state index contributed by atoms with van der Waals surface area (Å²) in [5.41, 5.74) is 17.6. The molecule has 3 rings (SSSR count). The fraction of sp³-hybridized carbons (Fsp3) is 0.458. The molecule has 2 heterocycles. The van der Waals surface area contributed by atoms with Crippen LogP contribution < -0.4 is 37.9 Å². The third-order valence-corrected chi connectivity index (χ3v) is 8.56. The van der Waals surface area contributed by atoms with Crippen molar-refractivity contribution in [2.24, 2.45) is 22.2 Å². The van der Waals surface area contributed by atoms with E-state index < -0.39 is 48.9 Å². The lowest BCUT2D eigenvalue weighted by Gasteiger charge is -2.26. The van der Waals surface area contributed by atoms with Gasteiger partial charge in [0.05, 0.1) is 12.1 Å². The molecule has 2 aliphatic heterocycles. The number of Topliss-reactive ketones (excluding diaryl/α,β-unsaturated/α-hetero) is 1. The first-order valence-electron chi connectivity index (χ1n) is 12.4. The smallest absolute Gasteiger partial charge is 0.248 e. The second kappa shape index (κ2) is 16.5. The number of hydrogen-bond acceptors (Lipinski definition) is 7. The van der Waals surface area contributed by atoms with Gasteiger partial charge in [0.1, 0.15) is 24.2 Å². The molecule has 0 spiro atoms. The number of rotatable bonds is 8. The maximum atomic E-state index is 13.2. The van der Waals surface area contributed by atoms with Crippen LogP contribution in [0.3, 0.4) is 0 Å². The zero-order valence-corrected chi connectivity index (χ0v) is 25.0. The van der Waals surface area contributed by atoms with E-state index in [1.807, 2.05) is 12.1 Å². The first-order chi connectivity index (χ1) is 18.5. The molecule has 0 aromatic heterocycles. The van der Waals surface area contributed by atoms with Gasteiger partial charge in [-0.1, -0.05) is 24.3 Å². The molecule has 0 fully saturated rings. The standard InChI is InChI=1S/C24H38N7O5P3/c1-14(32)18(6-4-11-28-24(26)27)29-21(34)19-5-2-3-12-36-16-9-7-15(8-10-16)13-17(25)20(33)31-23(39(37)38)22(35)30-19/h2-3,7-10,17-19,23H,4-6,11-13,25,37-38H2,1H3,(H,29,34)(H,30,35)(H,31,33)(H4,26,27,28)/b3-2-. The van der Waals surface area contributed by atoms with Crippen molar-refractivity contribution in [1.82, 2.24) is 16.0 Å². The first kappa shape index (κ1) is 32.6. The molecular formula is C24H38N7O5P3. The van der Waals surface area contributed by atoms with Gasteiger partial charge in [-0.25, -0.2) is 0 Å². The van der Waals surface area contributed by atoms with Gasteiger partial charge in [0.2, 0.25) is 17.7 Å². The van der Waals surface area contributed by atoms with Crippen molar-refractivity contribution in [3.8, 4) is 5.75 Å². The maximum absolute atomic E-state index is 13.2. The van der Waals surface area contributed by atoms with Crippen LogP contribution in [0, 0.1) is 0 Å². The number of hydrogen-bond donors (Lipinski definition) is 6. The van der Waals surface area contributed by atoms with Crippen LogP contribution in [0.5, 0.6) is 5.75 Å². The maximum Gasteiger partial charge on any atom is 0.248 e. The van der Waals surface area contributed by atoms with Crippen LogP contribution in [0.15, 0.2) is 41.4 Å². The number of guanidine groups is 1. The van der Waals surface area contributed by atoms with Gasteiger partial charge in [-0.05, 0) is 57.6 Å². The number of ether oxygens (including phenoxy) is 1. The monoisotopic (exact) mass is 597 g/mol. The minimum absolute atomic E-state index is 0.0544. The summed E-state index contributed by atoms with van der Waals surface area (Å²) in [5.74, 6) is -2.17. The number of benzene rings is 1. The number of fused-ring (bicyclic) bond motifs is 13. The Balaban J connectivity index is 2.24. The average Bonchev–Trinajstić information content (AvgIpc) is 2.87. The largest absolute Gasteiger partial charge is 0.490 e. The number of ketones is 1. The van der Waals surface area contributed by atoms with Crippen LogP contribution in [0.2, 0.25) is 0 Å². The molecule has 6 atom stereocenters. The van der Waals surface area contributed by atoms with E-state index in [0.29, 0.717) is 25.1 Å². The zero-order chi connectivity index (χ0) is 28.9. The van der Waals surface area contributed by atoms with E-state index in [2.05, 4.69) is 38.8 Å². The topological polar surface area (TPSA) is 204 Å². The van der Waals surface area contributed by atoms with Crippen molar-refractivity contribution in [2.75, 3.05) is 13.2 Å². The number of aliphatic imine (C=N–C) groups is 1. The van der Waals surface area contributed by atoms with Crippen molar-refractivity contribution in [2.45, 2.75) is 56.5 Å². The van der Waals surface area contributed by atoms with E-state index in [1.165, 1.54) is 6.92 Å². The van der Waals surface area contributed by atoms with Crippen LogP contribution in [-0.4, -0.2) is 66.5 Å². The Morgan fingerprint density at radius 3 is 2.46 bits per heavy atom. The van der Waals surface area contributed by atoms with Gasteiger partial charge in [0, 0.05) is 6.54 Å². The minimum atomic E-state index is -1.14. The number of carbonyl (C=O) groups excluding carboxylic acids is 4. The van der Waals surface area contributed by atoms with Gasteiger partial charge in [0.25, 0.3) is 0 Å². The molecule has 2 bridgehead atoms. The minimum Gasteiger partial charge on any atom is -0.490 e. The lowest BCUT2D eigenvalue weighted by atomic mass is 10.1. The molecule has 2 aliphatic rings. The summed E-state index contributed by atoms with van der Waals surface area (Å²) >= 11 is 0. The summed E-state index contributed by atoms with van der Waals surface area (Å²) in [6.45, 7) is 1.93. The van der Waals surface area contributed by atoms with Crippen molar-refractivity contribution < 1.29 is 23.9 Å². The van der Waals surface area contributed by atoms with E-state index in [0.717, 1.165) is 5.56 Å². The highest BCUT2D eigenvalue weighted by atomic mass is 32.4. The molecule has 9 N–H and O–H groups in total. The summed E-state index contributed by atoms with van der Waals surface area (Å²) < 4.78 is 5.70. The van der Waals surface area contributed by atoms with Crippen LogP contribution in [0.4, 0.5) is 0 Å². The van der Waals surface area contributed by atoms with Gasteiger partial charge in [-0.3, -0.25) is 24.2 Å². The fourth-order valence-electron chi connectivity index (χ4n) is 3.67. The SMILES string of the molecule is CC(=O)C(CCCN=C(N)N)NC(=O)C1C/C=C\COc2ccc(cc2)CC(N)C(=O)NC(P(P)P)C(=O)N1. The second-order valence-electron chi connectivity index (χ2n) is 9.01. The zero-order valence-electron chi connectivity index (χ0n) is 21.8. The molecule has 0 saturated carbocycles. The highest BCUT2D eigenvalue weighted by Gasteiger charge is 2.31.